The number of amides is 1. The molecule has 1 aromatic heterocycles. The van der Waals surface area contributed by atoms with Gasteiger partial charge in [-0.2, -0.15) is 4.98 Å². The van der Waals surface area contributed by atoms with Crippen LogP contribution in [0.15, 0.2) is 6.07 Å². The molecule has 1 aromatic rings. The van der Waals surface area contributed by atoms with Crippen LogP contribution in [-0.2, 0) is 4.79 Å². The van der Waals surface area contributed by atoms with E-state index in [2.05, 4.69) is 27.5 Å². The van der Waals surface area contributed by atoms with E-state index in [-0.39, 0.29) is 6.54 Å². The third-order valence-electron chi connectivity index (χ3n) is 1.83. The number of nitrogens with zero attached hydrogens (tertiary/aromatic N) is 2. The molecule has 0 radical (unpaired) electrons. The Kier molecular flexibility index (Phi) is 4.50. The molecule has 0 saturated carbocycles. The van der Waals surface area contributed by atoms with Crippen LogP contribution in [0.3, 0.4) is 0 Å². The molecule has 0 aliphatic rings. The number of nitrogens with two attached hydrogens (primary N) is 1. The minimum absolute atomic E-state index is 0.0731. The van der Waals surface area contributed by atoms with Crippen LogP contribution in [0, 0.1) is 6.92 Å². The highest BCUT2D eigenvalue weighted by atomic mass is 16.1. The van der Waals surface area contributed by atoms with Crippen molar-refractivity contribution in [2.45, 2.75) is 20.3 Å². The standard InChI is InChI=1S/C10H17N5O/c1-3-4-12-10-14-7(2)5-9(15-10)13-6-8(11)16/h5H,3-4,6H2,1-2H3,(H2,11,16)(H2,12,13,14,15). The zero-order chi connectivity index (χ0) is 12.0. The molecule has 0 saturated heterocycles. The molecule has 0 aliphatic heterocycles. The van der Waals surface area contributed by atoms with E-state index in [4.69, 9.17) is 5.73 Å². The van der Waals surface area contributed by atoms with E-state index in [0.29, 0.717) is 11.8 Å². The first-order valence-corrected chi connectivity index (χ1v) is 5.23. The smallest absolute Gasteiger partial charge is 0.236 e. The molecule has 4 N–H and O–H groups in total. The summed E-state index contributed by atoms with van der Waals surface area (Å²) in [6.07, 6.45) is 1.00. The Morgan fingerprint density at radius 2 is 2.19 bits per heavy atom. The maximum atomic E-state index is 10.6. The number of carbonyl (C=O) groups excluding carboxylic acids is 1. The molecule has 0 unspecified atom stereocenters. The average Bonchev–Trinajstić information content (AvgIpc) is 2.23. The second-order valence-corrected chi connectivity index (χ2v) is 3.46. The van der Waals surface area contributed by atoms with Gasteiger partial charge in [0.15, 0.2) is 0 Å². The summed E-state index contributed by atoms with van der Waals surface area (Å²) in [6, 6.07) is 1.76. The van der Waals surface area contributed by atoms with Crippen LogP contribution in [0.25, 0.3) is 0 Å². The predicted molar refractivity (Wildman–Crippen MR) is 63.2 cm³/mol. The van der Waals surface area contributed by atoms with Crippen LogP contribution in [0.2, 0.25) is 0 Å². The molecular formula is C10H17N5O. The van der Waals surface area contributed by atoms with E-state index in [1.54, 1.807) is 6.07 Å². The van der Waals surface area contributed by atoms with Gasteiger partial charge in [-0.05, 0) is 13.3 Å². The number of nitrogens with one attached hydrogen (secondary N) is 2. The van der Waals surface area contributed by atoms with Crippen LogP contribution in [0.4, 0.5) is 11.8 Å². The third-order valence-corrected chi connectivity index (χ3v) is 1.83. The number of aryl methyl sites for hydroxylation is 1. The van der Waals surface area contributed by atoms with Gasteiger partial charge in [-0.1, -0.05) is 6.92 Å². The summed E-state index contributed by atoms with van der Waals surface area (Å²) in [5.41, 5.74) is 5.87. The molecule has 0 spiro atoms. The van der Waals surface area contributed by atoms with Gasteiger partial charge in [0, 0.05) is 18.3 Å². The fourth-order valence-electron chi connectivity index (χ4n) is 1.15. The maximum absolute atomic E-state index is 10.6. The van der Waals surface area contributed by atoms with Crippen molar-refractivity contribution in [3.8, 4) is 0 Å². The monoisotopic (exact) mass is 223 g/mol. The zero-order valence-electron chi connectivity index (χ0n) is 9.58. The third kappa shape index (κ3) is 4.12. The molecule has 6 heteroatoms. The first kappa shape index (κ1) is 12.2. The van der Waals surface area contributed by atoms with Crippen LogP contribution in [-0.4, -0.2) is 29.0 Å². The first-order valence-electron chi connectivity index (χ1n) is 5.23. The van der Waals surface area contributed by atoms with Gasteiger partial charge in [-0.15, -0.1) is 0 Å². The molecule has 16 heavy (non-hydrogen) atoms. The van der Waals surface area contributed by atoms with E-state index in [1.807, 2.05) is 6.92 Å². The lowest BCUT2D eigenvalue weighted by molar-refractivity contribution is -0.116. The number of hydrogen-bond donors (Lipinski definition) is 3. The maximum Gasteiger partial charge on any atom is 0.236 e. The van der Waals surface area contributed by atoms with Crippen molar-refractivity contribution in [3.63, 3.8) is 0 Å². The average molecular weight is 223 g/mol. The summed E-state index contributed by atoms with van der Waals surface area (Å²) in [7, 11) is 0. The minimum atomic E-state index is -0.417. The zero-order valence-corrected chi connectivity index (χ0v) is 9.58. The second kappa shape index (κ2) is 5.89. The highest BCUT2D eigenvalue weighted by molar-refractivity contribution is 5.78. The topological polar surface area (TPSA) is 92.9 Å². The van der Waals surface area contributed by atoms with Crippen molar-refractivity contribution in [1.29, 1.82) is 0 Å². The highest BCUT2D eigenvalue weighted by Crippen LogP contribution is 2.08. The number of anilines is 2. The van der Waals surface area contributed by atoms with Crippen molar-refractivity contribution < 1.29 is 4.79 Å². The molecule has 0 aromatic carbocycles. The van der Waals surface area contributed by atoms with E-state index >= 15 is 0 Å². The molecule has 0 bridgehead atoms. The molecule has 0 aliphatic carbocycles. The van der Waals surface area contributed by atoms with Gasteiger partial charge < -0.3 is 16.4 Å². The van der Waals surface area contributed by atoms with Gasteiger partial charge in [0.25, 0.3) is 0 Å². The molecule has 0 atom stereocenters. The molecule has 6 nitrogen and oxygen atoms in total. The molecule has 88 valence electrons. The van der Waals surface area contributed by atoms with Gasteiger partial charge in [0.05, 0.1) is 6.54 Å². The van der Waals surface area contributed by atoms with Crippen molar-refractivity contribution in [2.75, 3.05) is 23.7 Å². The summed E-state index contributed by atoms with van der Waals surface area (Å²) in [5.74, 6) is 0.748. The van der Waals surface area contributed by atoms with E-state index in [9.17, 15) is 4.79 Å². The van der Waals surface area contributed by atoms with Gasteiger partial charge in [0.1, 0.15) is 5.82 Å². The minimum Gasteiger partial charge on any atom is -0.368 e. The van der Waals surface area contributed by atoms with Crippen LogP contribution >= 0.6 is 0 Å². The Morgan fingerprint density at radius 3 is 2.81 bits per heavy atom. The first-order chi connectivity index (χ1) is 7.61. The Labute approximate surface area is 94.7 Å². The van der Waals surface area contributed by atoms with E-state index in [0.717, 1.165) is 18.7 Å². The van der Waals surface area contributed by atoms with Gasteiger partial charge in [0.2, 0.25) is 11.9 Å². The summed E-state index contributed by atoms with van der Waals surface area (Å²) in [5, 5.41) is 5.92. The predicted octanol–water partition coefficient (Wildman–Crippen LogP) is 0.504. The van der Waals surface area contributed by atoms with Gasteiger partial charge in [-0.25, -0.2) is 4.98 Å². The molecule has 1 rings (SSSR count). The lowest BCUT2D eigenvalue weighted by atomic mass is 10.4. The van der Waals surface area contributed by atoms with Crippen LogP contribution in [0.1, 0.15) is 19.0 Å². The van der Waals surface area contributed by atoms with E-state index < -0.39 is 5.91 Å². The van der Waals surface area contributed by atoms with Crippen molar-refractivity contribution in [3.05, 3.63) is 11.8 Å². The second-order valence-electron chi connectivity index (χ2n) is 3.46. The summed E-state index contributed by atoms with van der Waals surface area (Å²) in [6.45, 7) is 4.83. The van der Waals surface area contributed by atoms with Crippen molar-refractivity contribution in [1.82, 2.24) is 9.97 Å². The number of rotatable bonds is 6. The SMILES string of the molecule is CCCNc1nc(C)cc(NCC(N)=O)n1. The van der Waals surface area contributed by atoms with Crippen molar-refractivity contribution >= 4 is 17.7 Å². The fourth-order valence-corrected chi connectivity index (χ4v) is 1.15. The Morgan fingerprint density at radius 1 is 1.44 bits per heavy atom. The quantitative estimate of drug-likeness (QED) is 0.653. The van der Waals surface area contributed by atoms with Gasteiger partial charge >= 0.3 is 0 Å². The van der Waals surface area contributed by atoms with Crippen LogP contribution in [0.5, 0.6) is 0 Å². The van der Waals surface area contributed by atoms with Crippen LogP contribution < -0.4 is 16.4 Å². The number of primary amides is 1. The number of hydrogen-bond acceptors (Lipinski definition) is 5. The molecule has 1 amide bonds. The molecule has 0 fully saturated rings. The molecular weight excluding hydrogens is 206 g/mol. The Bertz CT molecular complexity index is 366. The summed E-state index contributed by atoms with van der Waals surface area (Å²) >= 11 is 0. The summed E-state index contributed by atoms with van der Waals surface area (Å²) < 4.78 is 0. The number of carbonyl (C=O) groups is 1. The van der Waals surface area contributed by atoms with Crippen molar-refractivity contribution in [2.24, 2.45) is 5.73 Å². The number of aromatic nitrogens is 2. The highest BCUT2D eigenvalue weighted by Gasteiger charge is 2.02. The Balaban J connectivity index is 2.69. The normalized spacial score (nSPS) is 9.88. The van der Waals surface area contributed by atoms with E-state index in [1.165, 1.54) is 0 Å². The van der Waals surface area contributed by atoms with Gasteiger partial charge in [-0.3, -0.25) is 4.79 Å². The fraction of sp³-hybridized carbons (Fsp3) is 0.500. The Hall–Kier alpha value is -1.85. The summed E-state index contributed by atoms with van der Waals surface area (Å²) in [4.78, 5) is 19.0. The lowest BCUT2D eigenvalue weighted by Crippen LogP contribution is -2.22. The largest absolute Gasteiger partial charge is 0.368 e. The molecule has 1 heterocycles. The lowest BCUT2D eigenvalue weighted by Gasteiger charge is -2.08.